The monoisotopic (exact) mass is 290 g/mol. The highest BCUT2D eigenvalue weighted by atomic mass is 16.4. The van der Waals surface area contributed by atoms with Gasteiger partial charge in [0.2, 0.25) is 0 Å². The first-order valence-corrected chi connectivity index (χ1v) is 7.43. The molecule has 0 heterocycles. The Morgan fingerprint density at radius 3 is 1.60 bits per heavy atom. The molecule has 0 aromatic heterocycles. The van der Waals surface area contributed by atoms with E-state index in [0.717, 1.165) is 52.2 Å². The quantitative estimate of drug-likeness (QED) is 0.194. The van der Waals surface area contributed by atoms with Gasteiger partial charge in [0, 0.05) is 39.1 Å². The Balaban J connectivity index is 2.94. The third-order valence-electron chi connectivity index (χ3n) is 2.70. The molecule has 0 aromatic rings. The lowest BCUT2D eigenvalue weighted by Gasteiger charge is -2.07. The van der Waals surface area contributed by atoms with Crippen molar-refractivity contribution in [1.29, 1.82) is 0 Å². The minimum Gasteiger partial charge on any atom is -0.481 e. The van der Waals surface area contributed by atoms with E-state index in [1.807, 2.05) is 0 Å². The Bertz CT molecular complexity index is 218. The Kier molecular flexibility index (Phi) is 15.7. The average molecular weight is 290 g/mol. The molecular weight excluding hydrogens is 260 g/mol. The minimum atomic E-state index is -0.732. The molecule has 0 fully saturated rings. The molecule has 20 heavy (non-hydrogen) atoms. The summed E-state index contributed by atoms with van der Waals surface area (Å²) in [6.45, 7) is 7.16. The maximum absolute atomic E-state index is 10.3. The van der Waals surface area contributed by atoms with E-state index < -0.39 is 5.97 Å². The molecule has 0 radical (unpaired) electrons. The van der Waals surface area contributed by atoms with Crippen LogP contribution in [0.15, 0.2) is 0 Å². The summed E-state index contributed by atoms with van der Waals surface area (Å²) in [6.07, 6.45) is 2.00. The lowest BCUT2D eigenvalue weighted by molar-refractivity contribution is -0.137. The van der Waals surface area contributed by atoms with Crippen molar-refractivity contribution >= 4 is 5.97 Å². The van der Waals surface area contributed by atoms with Gasteiger partial charge in [-0.1, -0.05) is 0 Å². The number of hydrogen-bond donors (Lipinski definition) is 6. The van der Waals surface area contributed by atoms with Crippen LogP contribution in [0.5, 0.6) is 0 Å². The summed E-state index contributed by atoms with van der Waals surface area (Å²) < 4.78 is 0. The van der Waals surface area contributed by atoms with Gasteiger partial charge in [0.05, 0.1) is 6.61 Å². The second-order valence-electron chi connectivity index (χ2n) is 4.57. The van der Waals surface area contributed by atoms with E-state index in [2.05, 4.69) is 21.3 Å². The van der Waals surface area contributed by atoms with Crippen LogP contribution in [0.1, 0.15) is 19.3 Å². The maximum Gasteiger partial charge on any atom is 0.303 e. The standard InChI is InChI=1S/C13H30N4O3/c18-12-11-17-10-9-16-6-2-5-15-8-7-14-4-1-3-13(19)20/h14-18H,1-12H2,(H,19,20). The first kappa shape index (κ1) is 19.3. The van der Waals surface area contributed by atoms with Gasteiger partial charge in [-0.2, -0.15) is 0 Å². The van der Waals surface area contributed by atoms with Gasteiger partial charge in [0.15, 0.2) is 0 Å². The van der Waals surface area contributed by atoms with Crippen molar-refractivity contribution in [3.05, 3.63) is 0 Å². The molecule has 7 nitrogen and oxygen atoms in total. The number of aliphatic carboxylic acids is 1. The van der Waals surface area contributed by atoms with Crippen LogP contribution in [0.3, 0.4) is 0 Å². The molecule has 0 unspecified atom stereocenters. The van der Waals surface area contributed by atoms with E-state index in [-0.39, 0.29) is 13.0 Å². The summed E-state index contributed by atoms with van der Waals surface area (Å²) in [4.78, 5) is 10.3. The third-order valence-corrected chi connectivity index (χ3v) is 2.70. The lowest BCUT2D eigenvalue weighted by atomic mass is 10.3. The van der Waals surface area contributed by atoms with Gasteiger partial charge < -0.3 is 31.5 Å². The molecule has 6 N–H and O–H groups in total. The Morgan fingerprint density at radius 1 is 0.700 bits per heavy atom. The van der Waals surface area contributed by atoms with E-state index in [0.29, 0.717) is 13.0 Å². The molecule has 0 bridgehead atoms. The number of carbonyl (C=O) groups is 1. The zero-order valence-corrected chi connectivity index (χ0v) is 12.3. The fourth-order valence-electron chi connectivity index (χ4n) is 1.64. The molecule has 0 amide bonds. The molecule has 0 saturated carbocycles. The highest BCUT2D eigenvalue weighted by Gasteiger charge is 1.95. The van der Waals surface area contributed by atoms with Crippen LogP contribution in [0.25, 0.3) is 0 Å². The van der Waals surface area contributed by atoms with Crippen LogP contribution in [-0.4, -0.2) is 75.1 Å². The number of hydrogen-bond acceptors (Lipinski definition) is 6. The van der Waals surface area contributed by atoms with Crippen LogP contribution in [0.2, 0.25) is 0 Å². The molecule has 0 aromatic carbocycles. The number of aliphatic hydroxyl groups is 1. The number of rotatable bonds is 16. The number of nitrogens with one attached hydrogen (secondary N) is 4. The van der Waals surface area contributed by atoms with Crippen molar-refractivity contribution in [3.8, 4) is 0 Å². The predicted octanol–water partition coefficient (Wildman–Crippen LogP) is -1.41. The smallest absolute Gasteiger partial charge is 0.303 e. The van der Waals surface area contributed by atoms with E-state index >= 15 is 0 Å². The zero-order valence-electron chi connectivity index (χ0n) is 12.3. The van der Waals surface area contributed by atoms with Crippen molar-refractivity contribution in [3.63, 3.8) is 0 Å². The molecular formula is C13H30N4O3. The van der Waals surface area contributed by atoms with Gasteiger partial charge >= 0.3 is 5.97 Å². The average Bonchev–Trinajstić information content (AvgIpc) is 2.43. The molecule has 0 aliphatic rings. The normalized spacial score (nSPS) is 10.8. The first-order valence-electron chi connectivity index (χ1n) is 7.43. The molecule has 7 heteroatoms. The zero-order chi connectivity index (χ0) is 14.9. The third kappa shape index (κ3) is 17.3. The fraction of sp³-hybridized carbons (Fsp3) is 0.923. The van der Waals surface area contributed by atoms with Gasteiger partial charge in [0.1, 0.15) is 0 Å². The van der Waals surface area contributed by atoms with Crippen molar-refractivity contribution in [2.24, 2.45) is 0 Å². The van der Waals surface area contributed by atoms with Crippen LogP contribution < -0.4 is 21.3 Å². The second kappa shape index (κ2) is 16.3. The van der Waals surface area contributed by atoms with Gasteiger partial charge in [-0.05, 0) is 32.5 Å². The highest BCUT2D eigenvalue weighted by molar-refractivity contribution is 5.66. The fourth-order valence-corrected chi connectivity index (χ4v) is 1.64. The number of aliphatic hydroxyl groups excluding tert-OH is 1. The number of carboxylic acids is 1. The van der Waals surface area contributed by atoms with Crippen molar-refractivity contribution in [1.82, 2.24) is 21.3 Å². The Morgan fingerprint density at radius 2 is 1.15 bits per heavy atom. The number of carboxylic acid groups (broad SMARTS) is 1. The van der Waals surface area contributed by atoms with Gasteiger partial charge in [-0.3, -0.25) is 4.79 Å². The molecule has 0 aliphatic heterocycles. The topological polar surface area (TPSA) is 106 Å². The summed E-state index contributed by atoms with van der Waals surface area (Å²) >= 11 is 0. The van der Waals surface area contributed by atoms with E-state index in [4.69, 9.17) is 10.2 Å². The Hall–Kier alpha value is -0.730. The van der Waals surface area contributed by atoms with E-state index in [9.17, 15) is 4.79 Å². The van der Waals surface area contributed by atoms with Crippen LogP contribution in [0, 0.1) is 0 Å². The largest absolute Gasteiger partial charge is 0.481 e. The lowest BCUT2D eigenvalue weighted by Crippen LogP contribution is -2.32. The van der Waals surface area contributed by atoms with Crippen molar-refractivity contribution < 1.29 is 15.0 Å². The van der Waals surface area contributed by atoms with Gasteiger partial charge in [-0.15, -0.1) is 0 Å². The summed E-state index contributed by atoms with van der Waals surface area (Å²) in [7, 11) is 0. The minimum absolute atomic E-state index is 0.189. The SMILES string of the molecule is O=C(O)CCCNCCNCCCNCCNCCO. The first-order chi connectivity index (χ1) is 9.77. The molecule has 120 valence electrons. The van der Waals surface area contributed by atoms with Crippen molar-refractivity contribution in [2.45, 2.75) is 19.3 Å². The molecule has 0 spiro atoms. The summed E-state index contributed by atoms with van der Waals surface area (Å²) in [6, 6.07) is 0. The molecule has 0 atom stereocenters. The summed E-state index contributed by atoms with van der Waals surface area (Å²) in [5, 5.41) is 30.0. The Labute approximate surface area is 121 Å². The van der Waals surface area contributed by atoms with Gasteiger partial charge in [-0.25, -0.2) is 0 Å². The molecule has 0 aliphatic carbocycles. The van der Waals surface area contributed by atoms with Crippen LogP contribution >= 0.6 is 0 Å². The molecule has 0 saturated heterocycles. The summed E-state index contributed by atoms with van der Waals surface area (Å²) in [5.74, 6) is -0.732. The highest BCUT2D eigenvalue weighted by Crippen LogP contribution is 1.84. The van der Waals surface area contributed by atoms with E-state index in [1.54, 1.807) is 0 Å². The second-order valence-corrected chi connectivity index (χ2v) is 4.57. The van der Waals surface area contributed by atoms with Crippen molar-refractivity contribution in [2.75, 3.05) is 59.0 Å². The molecule has 0 rings (SSSR count). The van der Waals surface area contributed by atoms with E-state index in [1.165, 1.54) is 0 Å². The van der Waals surface area contributed by atoms with Crippen LogP contribution in [0.4, 0.5) is 0 Å². The van der Waals surface area contributed by atoms with Gasteiger partial charge in [0.25, 0.3) is 0 Å². The maximum atomic E-state index is 10.3. The van der Waals surface area contributed by atoms with Crippen LogP contribution in [-0.2, 0) is 4.79 Å². The predicted molar refractivity (Wildman–Crippen MR) is 80.1 cm³/mol. The summed E-state index contributed by atoms with van der Waals surface area (Å²) in [5.41, 5.74) is 0.